The highest BCUT2D eigenvalue weighted by molar-refractivity contribution is 9.10. The summed E-state index contributed by atoms with van der Waals surface area (Å²) in [5.41, 5.74) is 7.79. The molecule has 1 aromatic heterocycles. The first kappa shape index (κ1) is 13.5. The SMILES string of the molecule is Cc1ncn(-c2ccc(/C(N)=N/O)c(Br)c2F)c1C. The molecule has 0 radical (unpaired) electrons. The summed E-state index contributed by atoms with van der Waals surface area (Å²) >= 11 is 3.12. The van der Waals surface area contributed by atoms with Crippen LogP contribution in [0.2, 0.25) is 0 Å². The predicted octanol–water partition coefficient (Wildman–Crippen LogP) is 2.49. The van der Waals surface area contributed by atoms with Crippen molar-refractivity contribution in [3.63, 3.8) is 0 Å². The number of aromatic nitrogens is 2. The molecule has 0 atom stereocenters. The Morgan fingerprint density at radius 2 is 2.16 bits per heavy atom. The van der Waals surface area contributed by atoms with Crippen molar-refractivity contribution < 1.29 is 9.60 Å². The Balaban J connectivity index is 2.63. The molecule has 0 aliphatic carbocycles. The average Bonchev–Trinajstić information content (AvgIpc) is 2.73. The molecule has 1 heterocycles. The average molecular weight is 327 g/mol. The quantitative estimate of drug-likeness (QED) is 0.385. The van der Waals surface area contributed by atoms with E-state index in [0.717, 1.165) is 11.4 Å². The van der Waals surface area contributed by atoms with Gasteiger partial charge < -0.3 is 15.5 Å². The van der Waals surface area contributed by atoms with Crippen molar-refractivity contribution in [3.05, 3.63) is 45.7 Å². The third-order valence-corrected chi connectivity index (χ3v) is 3.73. The van der Waals surface area contributed by atoms with E-state index in [-0.39, 0.29) is 10.3 Å². The number of halogens is 2. The van der Waals surface area contributed by atoms with Gasteiger partial charge in [-0.15, -0.1) is 0 Å². The van der Waals surface area contributed by atoms with Gasteiger partial charge >= 0.3 is 0 Å². The molecule has 100 valence electrons. The summed E-state index contributed by atoms with van der Waals surface area (Å²) in [6.45, 7) is 3.71. The number of nitrogens with two attached hydrogens (primary N) is 1. The van der Waals surface area contributed by atoms with Gasteiger partial charge in [-0.1, -0.05) is 5.16 Å². The van der Waals surface area contributed by atoms with Gasteiger partial charge in [-0.2, -0.15) is 0 Å². The summed E-state index contributed by atoms with van der Waals surface area (Å²) in [5, 5.41) is 11.5. The highest BCUT2D eigenvalue weighted by Crippen LogP contribution is 2.27. The lowest BCUT2D eigenvalue weighted by atomic mass is 10.1. The van der Waals surface area contributed by atoms with E-state index in [1.807, 2.05) is 13.8 Å². The summed E-state index contributed by atoms with van der Waals surface area (Å²) in [7, 11) is 0. The fraction of sp³-hybridized carbons (Fsp3) is 0.167. The minimum atomic E-state index is -0.496. The monoisotopic (exact) mass is 326 g/mol. The normalized spacial score (nSPS) is 11.9. The molecule has 2 rings (SSSR count). The molecule has 1 aromatic carbocycles. The second-order valence-corrected chi connectivity index (χ2v) is 4.82. The number of imidazole rings is 1. The molecule has 0 saturated heterocycles. The zero-order valence-corrected chi connectivity index (χ0v) is 11.9. The van der Waals surface area contributed by atoms with Crippen molar-refractivity contribution in [2.45, 2.75) is 13.8 Å². The van der Waals surface area contributed by atoms with E-state index in [9.17, 15) is 4.39 Å². The molecule has 0 fully saturated rings. The van der Waals surface area contributed by atoms with Crippen LogP contribution in [0.25, 0.3) is 5.69 Å². The van der Waals surface area contributed by atoms with Crippen LogP contribution in [0.1, 0.15) is 17.0 Å². The van der Waals surface area contributed by atoms with E-state index in [1.54, 1.807) is 23.0 Å². The number of hydrogen-bond donors (Lipinski definition) is 2. The Morgan fingerprint density at radius 3 is 2.68 bits per heavy atom. The third kappa shape index (κ3) is 2.21. The van der Waals surface area contributed by atoms with E-state index in [0.29, 0.717) is 11.3 Å². The molecule has 0 aliphatic heterocycles. The van der Waals surface area contributed by atoms with Crippen LogP contribution < -0.4 is 5.73 Å². The van der Waals surface area contributed by atoms with Crippen LogP contribution >= 0.6 is 15.9 Å². The molecule has 0 amide bonds. The summed E-state index contributed by atoms with van der Waals surface area (Å²) in [5.74, 6) is -0.652. The van der Waals surface area contributed by atoms with Crippen molar-refractivity contribution in [3.8, 4) is 5.69 Å². The lowest BCUT2D eigenvalue weighted by molar-refractivity contribution is 0.318. The van der Waals surface area contributed by atoms with Gasteiger partial charge in [0.1, 0.15) is 0 Å². The van der Waals surface area contributed by atoms with Gasteiger partial charge in [-0.05, 0) is 41.9 Å². The van der Waals surface area contributed by atoms with Gasteiger partial charge in [0.25, 0.3) is 0 Å². The lowest BCUT2D eigenvalue weighted by Gasteiger charge is -2.11. The minimum Gasteiger partial charge on any atom is -0.409 e. The first-order chi connectivity index (χ1) is 8.97. The van der Waals surface area contributed by atoms with Crippen LogP contribution in [0.4, 0.5) is 4.39 Å². The van der Waals surface area contributed by atoms with Gasteiger partial charge in [0.2, 0.25) is 0 Å². The Hall–Kier alpha value is -1.89. The smallest absolute Gasteiger partial charge is 0.171 e. The van der Waals surface area contributed by atoms with E-state index >= 15 is 0 Å². The second kappa shape index (κ2) is 5.00. The van der Waals surface area contributed by atoms with E-state index in [1.165, 1.54) is 0 Å². The minimum absolute atomic E-state index is 0.144. The van der Waals surface area contributed by atoms with Gasteiger partial charge in [-0.3, -0.25) is 0 Å². The number of benzene rings is 1. The Morgan fingerprint density at radius 1 is 1.47 bits per heavy atom. The van der Waals surface area contributed by atoms with Gasteiger partial charge in [0.15, 0.2) is 11.7 Å². The standard InChI is InChI=1S/C12H12BrFN4O/c1-6-7(2)18(5-16-6)9-4-3-8(12(15)17-19)10(13)11(9)14/h3-5,19H,1-2H3,(H2,15,17). The zero-order chi connectivity index (χ0) is 14.2. The van der Waals surface area contributed by atoms with E-state index in [2.05, 4.69) is 26.1 Å². The predicted molar refractivity (Wildman–Crippen MR) is 73.2 cm³/mol. The molecule has 0 spiro atoms. The fourth-order valence-corrected chi connectivity index (χ4v) is 2.26. The fourth-order valence-electron chi connectivity index (χ4n) is 1.72. The molecule has 0 bridgehead atoms. The van der Waals surface area contributed by atoms with E-state index < -0.39 is 5.82 Å². The molecule has 5 nitrogen and oxygen atoms in total. The van der Waals surface area contributed by atoms with Gasteiger partial charge in [0, 0.05) is 11.3 Å². The summed E-state index contributed by atoms with van der Waals surface area (Å²) in [6.07, 6.45) is 1.55. The molecule has 3 N–H and O–H groups in total. The molecule has 0 saturated carbocycles. The van der Waals surface area contributed by atoms with Crippen molar-refractivity contribution in [2.24, 2.45) is 10.9 Å². The van der Waals surface area contributed by atoms with Crippen LogP contribution in [0.5, 0.6) is 0 Å². The molecule has 0 unspecified atom stereocenters. The molecular weight excluding hydrogens is 315 g/mol. The molecular formula is C12H12BrFN4O. The molecule has 19 heavy (non-hydrogen) atoms. The Kier molecular flexibility index (Phi) is 3.57. The number of aryl methyl sites for hydroxylation is 1. The maximum atomic E-state index is 14.3. The summed E-state index contributed by atoms with van der Waals surface area (Å²) in [6, 6.07) is 3.13. The summed E-state index contributed by atoms with van der Waals surface area (Å²) in [4.78, 5) is 4.13. The second-order valence-electron chi connectivity index (χ2n) is 4.03. The van der Waals surface area contributed by atoms with Crippen molar-refractivity contribution in [1.82, 2.24) is 9.55 Å². The first-order valence-corrected chi connectivity index (χ1v) is 6.23. The van der Waals surface area contributed by atoms with Crippen molar-refractivity contribution in [2.75, 3.05) is 0 Å². The highest BCUT2D eigenvalue weighted by Gasteiger charge is 2.16. The van der Waals surface area contributed by atoms with Crippen LogP contribution in [0.15, 0.2) is 28.1 Å². The number of rotatable bonds is 2. The number of amidine groups is 1. The lowest BCUT2D eigenvalue weighted by Crippen LogP contribution is -2.15. The van der Waals surface area contributed by atoms with E-state index in [4.69, 9.17) is 10.9 Å². The third-order valence-electron chi connectivity index (χ3n) is 2.96. The van der Waals surface area contributed by atoms with Crippen LogP contribution in [0.3, 0.4) is 0 Å². The molecule has 2 aromatic rings. The van der Waals surface area contributed by atoms with Crippen LogP contribution in [-0.4, -0.2) is 20.6 Å². The maximum absolute atomic E-state index is 14.3. The Bertz CT molecular complexity index is 666. The van der Waals surface area contributed by atoms with Crippen molar-refractivity contribution in [1.29, 1.82) is 0 Å². The Labute approximate surface area is 117 Å². The maximum Gasteiger partial charge on any atom is 0.171 e. The number of oxime groups is 1. The van der Waals surface area contributed by atoms with Crippen LogP contribution in [-0.2, 0) is 0 Å². The molecule has 7 heteroatoms. The largest absolute Gasteiger partial charge is 0.409 e. The topological polar surface area (TPSA) is 76.4 Å². The summed E-state index contributed by atoms with van der Waals surface area (Å²) < 4.78 is 16.1. The number of nitrogens with zero attached hydrogens (tertiary/aromatic N) is 3. The molecule has 0 aliphatic rings. The van der Waals surface area contributed by atoms with Crippen LogP contribution in [0, 0.1) is 19.7 Å². The highest BCUT2D eigenvalue weighted by atomic mass is 79.9. The zero-order valence-electron chi connectivity index (χ0n) is 10.4. The van der Waals surface area contributed by atoms with Gasteiger partial charge in [0.05, 0.1) is 22.2 Å². The number of hydrogen-bond acceptors (Lipinski definition) is 3. The van der Waals surface area contributed by atoms with Crippen molar-refractivity contribution >= 4 is 21.8 Å². The first-order valence-electron chi connectivity index (χ1n) is 5.44. The van der Waals surface area contributed by atoms with Gasteiger partial charge in [-0.25, -0.2) is 9.37 Å².